The molecule has 2 N–H and O–H groups in total. The summed E-state index contributed by atoms with van der Waals surface area (Å²) < 4.78 is 7.08. The molecule has 126 valence electrons. The molecule has 2 aliphatic heterocycles. The smallest absolute Gasteiger partial charge is 0.337 e. The van der Waals surface area contributed by atoms with Crippen molar-refractivity contribution >= 4 is 11.9 Å². The third-order valence-corrected chi connectivity index (χ3v) is 4.69. The molecule has 0 aromatic carbocycles. The van der Waals surface area contributed by atoms with Crippen molar-refractivity contribution < 1.29 is 24.5 Å². The molecule has 1 unspecified atom stereocenters. The molecule has 2 aliphatic rings. The van der Waals surface area contributed by atoms with Crippen LogP contribution in [-0.4, -0.2) is 56.4 Å². The van der Waals surface area contributed by atoms with Gasteiger partial charge in [-0.1, -0.05) is 0 Å². The maximum Gasteiger partial charge on any atom is 0.337 e. The number of fused-ring (bicyclic) bond motifs is 1. The standard InChI is InChI=1S/C16H22N2O5/c1-16(2,22)13-4-3-5-18(13)14(19)11-8-10(15(20)21)12-9-23-7-6-17(11)12/h8,13,22H,3-7,9H2,1-2H3,(H,20,21). The Morgan fingerprint density at radius 3 is 2.74 bits per heavy atom. The number of aliphatic hydroxyl groups is 1. The van der Waals surface area contributed by atoms with Crippen LogP contribution in [0.4, 0.5) is 0 Å². The van der Waals surface area contributed by atoms with Crippen molar-refractivity contribution in [3.63, 3.8) is 0 Å². The van der Waals surface area contributed by atoms with Gasteiger partial charge in [-0.15, -0.1) is 0 Å². The van der Waals surface area contributed by atoms with Crippen molar-refractivity contribution in [2.45, 2.75) is 51.5 Å². The van der Waals surface area contributed by atoms with Crippen molar-refractivity contribution in [2.75, 3.05) is 13.2 Å². The van der Waals surface area contributed by atoms with Crippen molar-refractivity contribution in [3.05, 3.63) is 23.0 Å². The van der Waals surface area contributed by atoms with Gasteiger partial charge in [-0.05, 0) is 32.8 Å². The molecular weight excluding hydrogens is 300 g/mol. The molecule has 1 amide bonds. The fraction of sp³-hybridized carbons (Fsp3) is 0.625. The first-order valence-electron chi connectivity index (χ1n) is 7.87. The van der Waals surface area contributed by atoms with Gasteiger partial charge in [0.15, 0.2) is 0 Å². The van der Waals surface area contributed by atoms with Crippen molar-refractivity contribution in [3.8, 4) is 0 Å². The Morgan fingerprint density at radius 1 is 1.35 bits per heavy atom. The lowest BCUT2D eigenvalue weighted by Gasteiger charge is -2.34. The van der Waals surface area contributed by atoms with Gasteiger partial charge < -0.3 is 24.4 Å². The van der Waals surface area contributed by atoms with Crippen LogP contribution in [0.5, 0.6) is 0 Å². The van der Waals surface area contributed by atoms with E-state index in [0.29, 0.717) is 31.1 Å². The Balaban J connectivity index is 1.98. The van der Waals surface area contributed by atoms with E-state index in [9.17, 15) is 19.8 Å². The fourth-order valence-electron chi connectivity index (χ4n) is 3.58. The van der Waals surface area contributed by atoms with Crippen molar-refractivity contribution in [1.82, 2.24) is 9.47 Å². The summed E-state index contributed by atoms with van der Waals surface area (Å²) in [5, 5.41) is 19.6. The van der Waals surface area contributed by atoms with Crippen molar-refractivity contribution in [1.29, 1.82) is 0 Å². The molecule has 1 aromatic heterocycles. The highest BCUT2D eigenvalue weighted by atomic mass is 16.5. The fourth-order valence-corrected chi connectivity index (χ4v) is 3.58. The van der Waals surface area contributed by atoms with Crippen molar-refractivity contribution in [2.24, 2.45) is 0 Å². The summed E-state index contributed by atoms with van der Waals surface area (Å²) in [4.78, 5) is 26.1. The second-order valence-corrected chi connectivity index (χ2v) is 6.71. The van der Waals surface area contributed by atoms with E-state index >= 15 is 0 Å². The molecule has 23 heavy (non-hydrogen) atoms. The summed E-state index contributed by atoms with van der Waals surface area (Å²) in [5.41, 5.74) is 0.0392. The third kappa shape index (κ3) is 2.74. The minimum Gasteiger partial charge on any atom is -0.478 e. The number of rotatable bonds is 3. The minimum atomic E-state index is -1.06. The molecule has 3 heterocycles. The summed E-state index contributed by atoms with van der Waals surface area (Å²) >= 11 is 0. The Hall–Kier alpha value is -1.86. The predicted molar refractivity (Wildman–Crippen MR) is 81.4 cm³/mol. The number of aromatic nitrogens is 1. The van der Waals surface area contributed by atoms with Crippen LogP contribution >= 0.6 is 0 Å². The Kier molecular flexibility index (Phi) is 3.93. The second-order valence-electron chi connectivity index (χ2n) is 6.71. The molecule has 0 radical (unpaired) electrons. The highest BCUT2D eigenvalue weighted by Crippen LogP contribution is 2.30. The van der Waals surface area contributed by atoms with Crippen LogP contribution in [0.3, 0.4) is 0 Å². The van der Waals surface area contributed by atoms with E-state index in [1.165, 1.54) is 6.07 Å². The molecule has 1 atom stereocenters. The van der Waals surface area contributed by atoms with E-state index in [2.05, 4.69) is 0 Å². The number of hydrogen-bond acceptors (Lipinski definition) is 4. The van der Waals surface area contributed by atoms with Crippen LogP contribution in [0.1, 0.15) is 53.2 Å². The molecule has 1 aromatic rings. The molecule has 0 saturated carbocycles. The first-order valence-corrected chi connectivity index (χ1v) is 7.87. The summed E-state index contributed by atoms with van der Waals surface area (Å²) in [6, 6.07) is 1.18. The second kappa shape index (κ2) is 5.65. The quantitative estimate of drug-likeness (QED) is 0.869. The summed E-state index contributed by atoms with van der Waals surface area (Å²) in [6.07, 6.45) is 1.58. The Morgan fingerprint density at radius 2 is 2.09 bits per heavy atom. The van der Waals surface area contributed by atoms with Crippen LogP contribution < -0.4 is 0 Å². The lowest BCUT2D eigenvalue weighted by Crippen LogP contribution is -2.48. The van der Waals surface area contributed by atoms with Gasteiger partial charge in [0.05, 0.1) is 36.1 Å². The third-order valence-electron chi connectivity index (χ3n) is 4.69. The minimum absolute atomic E-state index is 0.118. The molecule has 7 heteroatoms. The molecule has 3 rings (SSSR count). The molecule has 0 spiro atoms. The maximum absolute atomic E-state index is 13.0. The number of amides is 1. The summed E-state index contributed by atoms with van der Waals surface area (Å²) in [6.45, 7) is 5.10. The number of carboxylic acid groups (broad SMARTS) is 1. The molecular formula is C16H22N2O5. The monoisotopic (exact) mass is 322 g/mol. The van der Waals surface area contributed by atoms with Gasteiger partial charge in [-0.2, -0.15) is 0 Å². The SMILES string of the molecule is CC(C)(O)C1CCCN1C(=O)c1cc(C(=O)O)c2n1CCOC2. The van der Waals surface area contributed by atoms with E-state index < -0.39 is 11.6 Å². The van der Waals surface area contributed by atoms with E-state index in [4.69, 9.17) is 4.74 Å². The lowest BCUT2D eigenvalue weighted by atomic mass is 9.96. The number of likely N-dealkylation sites (tertiary alicyclic amines) is 1. The highest BCUT2D eigenvalue weighted by Gasteiger charge is 2.40. The molecule has 1 saturated heterocycles. The molecule has 1 fully saturated rings. The van der Waals surface area contributed by atoms with Gasteiger partial charge in [0.25, 0.3) is 5.91 Å². The van der Waals surface area contributed by atoms with E-state index in [1.807, 2.05) is 0 Å². The zero-order valence-corrected chi connectivity index (χ0v) is 13.4. The number of nitrogens with zero attached hydrogens (tertiary/aromatic N) is 2. The number of ether oxygens (including phenoxy) is 1. The molecule has 7 nitrogen and oxygen atoms in total. The normalized spacial score (nSPS) is 21.3. The van der Waals surface area contributed by atoms with Gasteiger partial charge in [0.2, 0.25) is 0 Å². The number of carboxylic acids is 1. The zero-order chi connectivity index (χ0) is 16.8. The van der Waals surface area contributed by atoms with Crippen LogP contribution in [0.2, 0.25) is 0 Å². The number of carbonyl (C=O) groups excluding carboxylic acids is 1. The van der Waals surface area contributed by atoms with Crippen LogP contribution in [0, 0.1) is 0 Å². The Bertz CT molecular complexity index is 644. The number of hydrogen-bond donors (Lipinski definition) is 2. The zero-order valence-electron chi connectivity index (χ0n) is 13.4. The van der Waals surface area contributed by atoms with Crippen LogP contribution in [0.15, 0.2) is 6.07 Å². The molecule has 0 bridgehead atoms. The summed E-state index contributed by atoms with van der Waals surface area (Å²) in [5.74, 6) is -1.27. The maximum atomic E-state index is 13.0. The van der Waals surface area contributed by atoms with Crippen LogP contribution in [0.25, 0.3) is 0 Å². The largest absolute Gasteiger partial charge is 0.478 e. The lowest BCUT2D eigenvalue weighted by molar-refractivity contribution is -0.000348. The van der Waals surface area contributed by atoms with Gasteiger partial charge in [-0.25, -0.2) is 4.79 Å². The van der Waals surface area contributed by atoms with Crippen LogP contribution in [-0.2, 0) is 17.9 Å². The van der Waals surface area contributed by atoms with Gasteiger partial charge in [0.1, 0.15) is 5.69 Å². The number of carbonyl (C=O) groups is 2. The first kappa shape index (κ1) is 16.0. The Labute approximate surface area is 134 Å². The summed E-state index contributed by atoms with van der Waals surface area (Å²) in [7, 11) is 0. The van der Waals surface area contributed by atoms with E-state index in [1.54, 1.807) is 23.3 Å². The predicted octanol–water partition coefficient (Wildman–Crippen LogP) is 1.09. The van der Waals surface area contributed by atoms with Gasteiger partial charge in [0, 0.05) is 13.1 Å². The van der Waals surface area contributed by atoms with E-state index in [0.717, 1.165) is 12.8 Å². The van der Waals surface area contributed by atoms with Gasteiger partial charge >= 0.3 is 5.97 Å². The topological polar surface area (TPSA) is 92.0 Å². The average Bonchev–Trinajstić information content (AvgIpc) is 3.11. The highest BCUT2D eigenvalue weighted by molar-refractivity contribution is 5.98. The molecule has 0 aliphatic carbocycles. The van der Waals surface area contributed by atoms with E-state index in [-0.39, 0.29) is 24.1 Å². The van der Waals surface area contributed by atoms with Gasteiger partial charge in [-0.3, -0.25) is 4.79 Å². The first-order chi connectivity index (χ1) is 10.8. The average molecular weight is 322 g/mol. The number of aromatic carboxylic acids is 1.